The van der Waals surface area contributed by atoms with E-state index in [4.69, 9.17) is 11.6 Å². The first kappa shape index (κ1) is 14.5. The Labute approximate surface area is 124 Å². The van der Waals surface area contributed by atoms with Crippen molar-refractivity contribution >= 4 is 22.9 Å². The minimum absolute atomic E-state index is 0.331. The van der Waals surface area contributed by atoms with Crippen LogP contribution in [-0.4, -0.2) is 25.5 Å². The fraction of sp³-hybridized carbons (Fsp3) is 0.333. The first-order valence-electron chi connectivity index (χ1n) is 6.32. The zero-order valence-electron chi connectivity index (χ0n) is 11.3. The van der Waals surface area contributed by atoms with Crippen molar-refractivity contribution in [1.82, 2.24) is 10.2 Å². The van der Waals surface area contributed by atoms with Gasteiger partial charge in [0.25, 0.3) is 0 Å². The Kier molecular flexibility index (Phi) is 5.40. The molecule has 1 aromatic carbocycles. The molecule has 4 heteroatoms. The molecule has 0 aliphatic heterocycles. The Hall–Kier alpha value is -0.870. The van der Waals surface area contributed by atoms with Crippen LogP contribution in [0.2, 0.25) is 4.34 Å². The fourth-order valence-corrected chi connectivity index (χ4v) is 3.05. The van der Waals surface area contributed by atoms with Crippen LogP contribution >= 0.6 is 22.9 Å². The van der Waals surface area contributed by atoms with Gasteiger partial charge in [-0.05, 0) is 31.8 Å². The number of halogens is 1. The van der Waals surface area contributed by atoms with Crippen LogP contribution in [-0.2, 0) is 6.54 Å². The average molecular weight is 295 g/mol. The molecule has 1 aromatic heterocycles. The third kappa shape index (κ3) is 4.62. The maximum Gasteiger partial charge on any atom is 0.0931 e. The lowest BCUT2D eigenvalue weighted by Crippen LogP contribution is -2.30. The van der Waals surface area contributed by atoms with E-state index in [1.807, 2.05) is 6.07 Å². The number of benzene rings is 1. The summed E-state index contributed by atoms with van der Waals surface area (Å²) in [6.07, 6.45) is 0. The summed E-state index contributed by atoms with van der Waals surface area (Å²) in [5.41, 5.74) is 1.32. The molecule has 2 nitrogen and oxygen atoms in total. The summed E-state index contributed by atoms with van der Waals surface area (Å²) in [4.78, 5) is 3.47. The molecule has 1 heterocycles. The predicted molar refractivity (Wildman–Crippen MR) is 83.9 cm³/mol. The topological polar surface area (TPSA) is 15.3 Å². The maximum absolute atomic E-state index is 5.96. The molecule has 1 N–H and O–H groups in total. The number of rotatable bonds is 6. The summed E-state index contributed by atoms with van der Waals surface area (Å²) >= 11 is 7.59. The first-order valence-corrected chi connectivity index (χ1v) is 7.52. The third-order valence-electron chi connectivity index (χ3n) is 2.90. The number of hydrogen-bond acceptors (Lipinski definition) is 3. The van der Waals surface area contributed by atoms with Gasteiger partial charge in [-0.3, -0.25) is 0 Å². The van der Waals surface area contributed by atoms with Gasteiger partial charge in [0.05, 0.1) is 4.34 Å². The first-order chi connectivity index (χ1) is 9.15. The summed E-state index contributed by atoms with van der Waals surface area (Å²) in [5.74, 6) is 0. The van der Waals surface area contributed by atoms with Crippen molar-refractivity contribution in [1.29, 1.82) is 0 Å². The smallest absolute Gasteiger partial charge is 0.0931 e. The van der Waals surface area contributed by atoms with Crippen LogP contribution in [0.1, 0.15) is 16.5 Å². The molecule has 0 spiro atoms. The van der Waals surface area contributed by atoms with Crippen molar-refractivity contribution < 1.29 is 0 Å². The molecular formula is C15H19ClN2S. The van der Waals surface area contributed by atoms with Crippen LogP contribution in [0, 0.1) is 0 Å². The average Bonchev–Trinajstić information content (AvgIpc) is 2.81. The molecule has 102 valence electrons. The van der Waals surface area contributed by atoms with Gasteiger partial charge in [-0.1, -0.05) is 41.9 Å². The van der Waals surface area contributed by atoms with E-state index in [0.29, 0.717) is 6.04 Å². The number of thiophene rings is 1. The van der Waals surface area contributed by atoms with E-state index in [2.05, 4.69) is 60.7 Å². The van der Waals surface area contributed by atoms with Crippen molar-refractivity contribution in [2.75, 3.05) is 20.6 Å². The van der Waals surface area contributed by atoms with E-state index in [0.717, 1.165) is 17.4 Å². The van der Waals surface area contributed by atoms with Gasteiger partial charge in [0, 0.05) is 24.0 Å². The Morgan fingerprint density at radius 1 is 1.16 bits per heavy atom. The normalized spacial score (nSPS) is 12.8. The van der Waals surface area contributed by atoms with Gasteiger partial charge in [-0.15, -0.1) is 11.3 Å². The lowest BCUT2D eigenvalue weighted by atomic mass is 10.1. The zero-order valence-corrected chi connectivity index (χ0v) is 12.8. The number of hydrogen-bond donors (Lipinski definition) is 1. The largest absolute Gasteiger partial charge is 0.308 e. The molecule has 1 atom stereocenters. The quantitative estimate of drug-likeness (QED) is 0.872. The number of nitrogens with one attached hydrogen (secondary N) is 1. The van der Waals surface area contributed by atoms with Crippen LogP contribution in [0.3, 0.4) is 0 Å². The summed E-state index contributed by atoms with van der Waals surface area (Å²) in [6.45, 7) is 1.83. The number of likely N-dealkylation sites (N-methyl/N-ethyl adjacent to an activating group) is 1. The Morgan fingerprint density at radius 2 is 1.89 bits per heavy atom. The van der Waals surface area contributed by atoms with Gasteiger partial charge < -0.3 is 10.2 Å². The highest BCUT2D eigenvalue weighted by atomic mass is 35.5. The second-order valence-electron chi connectivity index (χ2n) is 4.81. The van der Waals surface area contributed by atoms with Gasteiger partial charge in [0.15, 0.2) is 0 Å². The molecule has 0 fully saturated rings. The molecule has 0 bridgehead atoms. The lowest BCUT2D eigenvalue weighted by molar-refractivity contribution is 0.341. The van der Waals surface area contributed by atoms with E-state index in [-0.39, 0.29) is 0 Å². The van der Waals surface area contributed by atoms with Crippen molar-refractivity contribution in [2.45, 2.75) is 12.6 Å². The molecule has 0 amide bonds. The van der Waals surface area contributed by atoms with Crippen molar-refractivity contribution in [3.63, 3.8) is 0 Å². The van der Waals surface area contributed by atoms with E-state index >= 15 is 0 Å². The van der Waals surface area contributed by atoms with Gasteiger partial charge in [0.1, 0.15) is 0 Å². The van der Waals surface area contributed by atoms with Gasteiger partial charge in [-0.25, -0.2) is 0 Å². The molecular weight excluding hydrogens is 276 g/mol. The Balaban J connectivity index is 2.02. The predicted octanol–water partition coefficient (Wildman–Crippen LogP) is 3.79. The van der Waals surface area contributed by atoms with Crippen molar-refractivity contribution in [3.8, 4) is 0 Å². The molecule has 0 aliphatic rings. The van der Waals surface area contributed by atoms with Crippen LogP contribution in [0.5, 0.6) is 0 Å². The van der Waals surface area contributed by atoms with Crippen LogP contribution in [0.25, 0.3) is 0 Å². The molecule has 2 rings (SSSR count). The zero-order chi connectivity index (χ0) is 13.7. The van der Waals surface area contributed by atoms with E-state index < -0.39 is 0 Å². The lowest BCUT2D eigenvalue weighted by Gasteiger charge is -2.22. The summed E-state index contributed by atoms with van der Waals surface area (Å²) < 4.78 is 0.848. The monoisotopic (exact) mass is 294 g/mol. The second kappa shape index (κ2) is 7.06. The molecule has 1 unspecified atom stereocenters. The standard InChI is InChI=1S/C15H19ClN2S/c1-18(2)11-14(12-6-4-3-5-7-12)17-10-13-8-9-15(16)19-13/h3-9,14,17H,10-11H2,1-2H3. The fourth-order valence-electron chi connectivity index (χ4n) is 2.01. The van der Waals surface area contributed by atoms with Crippen molar-refractivity contribution in [2.24, 2.45) is 0 Å². The SMILES string of the molecule is CN(C)CC(NCc1ccc(Cl)s1)c1ccccc1. The van der Waals surface area contributed by atoms with Gasteiger partial charge >= 0.3 is 0 Å². The highest BCUT2D eigenvalue weighted by Crippen LogP contribution is 2.22. The minimum Gasteiger partial charge on any atom is -0.308 e. The summed E-state index contributed by atoms with van der Waals surface area (Å²) in [6, 6.07) is 14.9. The highest BCUT2D eigenvalue weighted by molar-refractivity contribution is 7.16. The second-order valence-corrected chi connectivity index (χ2v) is 6.61. The van der Waals surface area contributed by atoms with Crippen LogP contribution in [0.15, 0.2) is 42.5 Å². The van der Waals surface area contributed by atoms with Crippen molar-refractivity contribution in [3.05, 3.63) is 57.2 Å². The minimum atomic E-state index is 0.331. The van der Waals surface area contributed by atoms with Gasteiger partial charge in [-0.2, -0.15) is 0 Å². The van der Waals surface area contributed by atoms with E-state index in [1.165, 1.54) is 10.4 Å². The molecule has 0 aliphatic carbocycles. The maximum atomic E-state index is 5.96. The van der Waals surface area contributed by atoms with E-state index in [1.54, 1.807) is 11.3 Å². The van der Waals surface area contributed by atoms with Gasteiger partial charge in [0.2, 0.25) is 0 Å². The molecule has 0 radical (unpaired) electrons. The highest BCUT2D eigenvalue weighted by Gasteiger charge is 2.12. The number of nitrogens with zero attached hydrogens (tertiary/aromatic N) is 1. The molecule has 2 aromatic rings. The Morgan fingerprint density at radius 3 is 2.47 bits per heavy atom. The van der Waals surface area contributed by atoms with E-state index in [9.17, 15) is 0 Å². The van der Waals surface area contributed by atoms with Crippen LogP contribution < -0.4 is 5.32 Å². The summed E-state index contributed by atoms with van der Waals surface area (Å²) in [7, 11) is 4.19. The molecule has 19 heavy (non-hydrogen) atoms. The third-order valence-corrected chi connectivity index (χ3v) is 4.13. The Bertz CT molecular complexity index is 496. The molecule has 0 saturated carbocycles. The summed E-state index contributed by atoms with van der Waals surface area (Å²) in [5, 5.41) is 3.61. The van der Waals surface area contributed by atoms with Crippen LogP contribution in [0.4, 0.5) is 0 Å². The molecule has 0 saturated heterocycles.